The highest BCUT2D eigenvalue weighted by molar-refractivity contribution is 6.28. The number of nitrogens with zero attached hydrogens (tertiary/aromatic N) is 4. The standard InChI is InChI=1S/C38H34N2O4.C25H24N2O4/c1-22-4-6-24(7-5-22)20-25-8-14-28(15-9-25)23(2)29-16-10-26(11-17-29)21-27-12-18-30(19-13-27)40-37(43)33-31-32(34(33)38(40)44)36(42)39(3)35(31)41;1-4-17(14-7-5-13(2)6-8-14)15-9-11-16(12-10-15)27-24(30)20-18-19(21(20)25(27)31)23(29)26(3)22(18)28/h4-19,23,31-34H,20-21H2,1-3H3;5-12,17-21H,4H2,1-3H3. The molecule has 2 aliphatic carbocycles. The number of amides is 8. The number of carbonyl (C=O) groups is 8. The quantitative estimate of drug-likeness (QED) is 0.117. The van der Waals surface area contributed by atoms with E-state index in [1.807, 2.05) is 24.3 Å². The summed E-state index contributed by atoms with van der Waals surface area (Å²) in [5.41, 5.74) is 13.2. The van der Waals surface area contributed by atoms with E-state index in [9.17, 15) is 38.4 Å². The molecule has 2 saturated carbocycles. The molecule has 0 N–H and O–H groups in total. The first-order valence-corrected chi connectivity index (χ1v) is 25.9. The van der Waals surface area contributed by atoms with Gasteiger partial charge in [0.15, 0.2) is 0 Å². The number of hydrogen-bond donors (Lipinski definition) is 0. The number of anilines is 2. The van der Waals surface area contributed by atoms with E-state index in [2.05, 4.69) is 125 Å². The van der Waals surface area contributed by atoms with Gasteiger partial charge in [-0.15, -0.1) is 0 Å². The zero-order valence-corrected chi connectivity index (χ0v) is 42.8. The Morgan fingerprint density at radius 3 is 0.907 bits per heavy atom. The van der Waals surface area contributed by atoms with Gasteiger partial charge < -0.3 is 0 Å². The molecule has 10 unspecified atom stereocenters. The molecule has 6 aromatic rings. The normalized spacial score (nSPS) is 25.1. The van der Waals surface area contributed by atoms with Crippen molar-refractivity contribution >= 4 is 58.6 Å². The highest BCUT2D eigenvalue weighted by Gasteiger charge is 2.74. The molecule has 4 saturated heterocycles. The minimum Gasteiger partial charge on any atom is -0.285 e. The highest BCUT2D eigenvalue weighted by atomic mass is 16.2. The van der Waals surface area contributed by atoms with Gasteiger partial charge in [0.2, 0.25) is 47.3 Å². The second-order valence-corrected chi connectivity index (χ2v) is 21.4. The van der Waals surface area contributed by atoms with Crippen molar-refractivity contribution in [3.8, 4) is 0 Å². The van der Waals surface area contributed by atoms with Crippen molar-refractivity contribution in [2.24, 2.45) is 47.3 Å². The number of aryl methyl sites for hydroxylation is 2. The number of rotatable bonds is 11. The third kappa shape index (κ3) is 8.13. The van der Waals surface area contributed by atoms with E-state index in [1.165, 1.54) is 68.4 Å². The number of imide groups is 4. The van der Waals surface area contributed by atoms with E-state index in [0.717, 1.165) is 40.2 Å². The molecule has 6 fully saturated rings. The van der Waals surface area contributed by atoms with E-state index in [0.29, 0.717) is 11.4 Å². The maximum absolute atomic E-state index is 13.2. The number of likely N-dealkylation sites (tertiary alicyclic amines) is 2. The molecule has 10 atom stereocenters. The first-order chi connectivity index (χ1) is 36.1. The summed E-state index contributed by atoms with van der Waals surface area (Å²) in [5.74, 6) is -8.07. The highest BCUT2D eigenvalue weighted by Crippen LogP contribution is 2.58. The molecule has 378 valence electrons. The molecule has 0 bridgehead atoms. The van der Waals surface area contributed by atoms with Crippen LogP contribution in [-0.4, -0.2) is 71.2 Å². The van der Waals surface area contributed by atoms with E-state index < -0.39 is 47.3 Å². The second kappa shape index (κ2) is 19.0. The van der Waals surface area contributed by atoms with Crippen molar-refractivity contribution in [2.45, 2.75) is 58.8 Å². The van der Waals surface area contributed by atoms with Crippen LogP contribution in [0.25, 0.3) is 0 Å². The Morgan fingerprint density at radius 2 is 0.587 bits per heavy atom. The Balaban J connectivity index is 0.000000171. The predicted molar refractivity (Wildman–Crippen MR) is 282 cm³/mol. The largest absolute Gasteiger partial charge is 0.285 e. The molecule has 12 heteroatoms. The van der Waals surface area contributed by atoms with Crippen molar-refractivity contribution < 1.29 is 38.4 Å². The van der Waals surface area contributed by atoms with Crippen molar-refractivity contribution in [2.75, 3.05) is 23.9 Å². The number of carbonyl (C=O) groups excluding carboxylic acids is 8. The summed E-state index contributed by atoms with van der Waals surface area (Å²) in [6.45, 7) is 8.53. The summed E-state index contributed by atoms with van der Waals surface area (Å²) in [5, 5.41) is 0. The van der Waals surface area contributed by atoms with Crippen LogP contribution in [0.4, 0.5) is 11.4 Å². The molecule has 75 heavy (non-hydrogen) atoms. The molecule has 4 aliphatic heterocycles. The molecule has 8 amide bonds. The zero-order chi connectivity index (χ0) is 52.7. The van der Waals surface area contributed by atoms with Crippen molar-refractivity contribution in [3.05, 3.63) is 201 Å². The molecule has 6 aromatic carbocycles. The molecule has 0 spiro atoms. The number of fused-ring (bicyclic) bond motifs is 8. The van der Waals surface area contributed by atoms with Crippen molar-refractivity contribution in [1.29, 1.82) is 0 Å². The van der Waals surface area contributed by atoms with Crippen LogP contribution in [0.5, 0.6) is 0 Å². The van der Waals surface area contributed by atoms with E-state index in [-0.39, 0.29) is 59.1 Å². The van der Waals surface area contributed by atoms with E-state index in [1.54, 1.807) is 24.3 Å². The van der Waals surface area contributed by atoms with Crippen molar-refractivity contribution in [3.63, 3.8) is 0 Å². The average Bonchev–Trinajstić information content (AvgIpc) is 3.89. The van der Waals surface area contributed by atoms with Gasteiger partial charge >= 0.3 is 0 Å². The molecule has 4 heterocycles. The van der Waals surface area contributed by atoms with Crippen molar-refractivity contribution in [1.82, 2.24) is 9.80 Å². The number of hydrogen-bond acceptors (Lipinski definition) is 8. The minimum absolute atomic E-state index is 0.223. The van der Waals surface area contributed by atoms with Crippen LogP contribution in [0.1, 0.15) is 87.7 Å². The fourth-order valence-electron chi connectivity index (χ4n) is 12.7. The van der Waals surface area contributed by atoms with Crippen LogP contribution in [0.15, 0.2) is 146 Å². The summed E-state index contributed by atoms with van der Waals surface area (Å²) in [4.78, 5) is 106. The molecular formula is C63H58N4O8. The molecule has 12 rings (SSSR count). The smallest absolute Gasteiger partial charge is 0.238 e. The lowest BCUT2D eigenvalue weighted by molar-refractivity contribution is -0.146. The van der Waals surface area contributed by atoms with Gasteiger partial charge in [-0.2, -0.15) is 0 Å². The lowest BCUT2D eigenvalue weighted by Crippen LogP contribution is -2.50. The summed E-state index contributed by atoms with van der Waals surface area (Å²) in [7, 11) is 2.84. The SMILES string of the molecule is CCC(c1ccc(C)cc1)c1ccc(N2C(=O)C3C4C(=O)N(C)C(=O)C4C3C2=O)cc1.Cc1ccc(Cc2ccc(C(C)c3ccc(Cc4ccc(N5C(=O)C6C7C(=O)N(C)C(=O)C7C6C5=O)cc4)cc3)cc2)cc1. The molecule has 6 aliphatic rings. The third-order valence-electron chi connectivity index (χ3n) is 17.1. The summed E-state index contributed by atoms with van der Waals surface area (Å²) >= 11 is 0. The fourth-order valence-corrected chi connectivity index (χ4v) is 12.7. The van der Waals surface area contributed by atoms with Gasteiger partial charge in [-0.3, -0.25) is 58.0 Å². The molecule has 12 nitrogen and oxygen atoms in total. The topological polar surface area (TPSA) is 150 Å². The Bertz CT molecular complexity index is 3230. The van der Waals surface area contributed by atoms with Gasteiger partial charge in [0.05, 0.1) is 58.7 Å². The Morgan fingerprint density at radius 1 is 0.347 bits per heavy atom. The predicted octanol–water partition coefficient (Wildman–Crippen LogP) is 8.57. The van der Waals surface area contributed by atoms with Crippen LogP contribution in [-0.2, 0) is 51.2 Å². The summed E-state index contributed by atoms with van der Waals surface area (Å²) in [6.07, 6.45) is 2.57. The molecular weight excluding hydrogens is 941 g/mol. The Kier molecular flexibility index (Phi) is 12.4. The maximum atomic E-state index is 13.2. The van der Waals surface area contributed by atoms with Gasteiger partial charge in [-0.1, -0.05) is 146 Å². The van der Waals surface area contributed by atoms with Gasteiger partial charge in [0.1, 0.15) is 0 Å². The third-order valence-corrected chi connectivity index (χ3v) is 17.1. The monoisotopic (exact) mass is 998 g/mol. The lowest BCUT2D eigenvalue weighted by atomic mass is 9.59. The molecule has 0 radical (unpaired) electrons. The van der Waals surface area contributed by atoms with Gasteiger partial charge in [-0.25, -0.2) is 0 Å². The van der Waals surface area contributed by atoms with Gasteiger partial charge in [0.25, 0.3) is 0 Å². The second-order valence-electron chi connectivity index (χ2n) is 21.4. The number of benzene rings is 6. The Labute approximate surface area is 436 Å². The Hall–Kier alpha value is -8.12. The van der Waals surface area contributed by atoms with Crippen LogP contribution < -0.4 is 9.80 Å². The minimum atomic E-state index is -0.730. The van der Waals surface area contributed by atoms with E-state index in [4.69, 9.17) is 0 Å². The lowest BCUT2D eigenvalue weighted by Gasteiger charge is -2.36. The summed E-state index contributed by atoms with van der Waals surface area (Å²) in [6, 6.07) is 49.6. The van der Waals surface area contributed by atoms with Crippen LogP contribution in [0.2, 0.25) is 0 Å². The summed E-state index contributed by atoms with van der Waals surface area (Å²) < 4.78 is 0. The average molecular weight is 999 g/mol. The first-order valence-electron chi connectivity index (χ1n) is 25.9. The maximum Gasteiger partial charge on any atom is 0.238 e. The fraction of sp³-hybridized carbons (Fsp3) is 0.302. The van der Waals surface area contributed by atoms with Crippen LogP contribution in [0, 0.1) is 61.2 Å². The van der Waals surface area contributed by atoms with Crippen LogP contribution in [0.3, 0.4) is 0 Å². The van der Waals surface area contributed by atoms with E-state index >= 15 is 0 Å². The van der Waals surface area contributed by atoms with Gasteiger partial charge in [-0.05, 0) is 102 Å². The van der Waals surface area contributed by atoms with Crippen LogP contribution >= 0.6 is 0 Å². The first kappa shape index (κ1) is 49.1. The zero-order valence-electron chi connectivity index (χ0n) is 42.8. The van der Waals surface area contributed by atoms with Gasteiger partial charge in [0, 0.05) is 25.9 Å². The molecule has 0 aromatic heterocycles.